The highest BCUT2D eigenvalue weighted by atomic mass is 31.2. The Balaban J connectivity index is 0.000000825. The molecule has 4 aliphatic heterocycles. The molecule has 2 fully saturated rings. The van der Waals surface area contributed by atoms with E-state index in [9.17, 15) is 22.5 Å². The summed E-state index contributed by atoms with van der Waals surface area (Å²) in [4.78, 5) is 28.4. The maximum Gasteiger partial charge on any atom is 0.762 e. The first-order valence-corrected chi connectivity index (χ1v) is 18.9. The molecule has 5 rings (SSSR count). The summed E-state index contributed by atoms with van der Waals surface area (Å²) in [5.74, 6) is 0.148. The molecule has 0 bridgehead atoms. The zero-order valence-electron chi connectivity index (χ0n) is 26.6. The Morgan fingerprint density at radius 3 is 1.17 bits per heavy atom. The number of rotatable bonds is 0. The first kappa shape index (κ1) is 40.9. The minimum atomic E-state index is -3.67. The van der Waals surface area contributed by atoms with E-state index in [0.717, 1.165) is 10.6 Å². The fourth-order valence-electron chi connectivity index (χ4n) is 8.64. The fourth-order valence-corrected chi connectivity index (χ4v) is 27.8. The van der Waals surface area contributed by atoms with Crippen LogP contribution in [0.1, 0.15) is 114 Å². The van der Waals surface area contributed by atoms with Crippen molar-refractivity contribution in [3.05, 3.63) is 41.4 Å². The Morgan fingerprint density at radius 2 is 0.952 bits per heavy atom. The summed E-state index contributed by atoms with van der Waals surface area (Å²) in [5.41, 5.74) is 2.35. The third kappa shape index (κ3) is 6.75. The Labute approximate surface area is 255 Å². The summed E-state index contributed by atoms with van der Waals surface area (Å²) in [5, 5.41) is 2.16. The second-order valence-electron chi connectivity index (χ2n) is 12.4. The maximum absolute atomic E-state index is 13.4. The minimum Gasteiger partial charge on any atom is -1.00 e. The van der Waals surface area contributed by atoms with E-state index in [2.05, 4.69) is 65.8 Å². The van der Waals surface area contributed by atoms with Crippen LogP contribution in [0.5, 0.6) is 0 Å². The van der Waals surface area contributed by atoms with E-state index in [-0.39, 0.29) is 28.8 Å². The lowest BCUT2D eigenvalue weighted by Gasteiger charge is -2.45. The number of carbonyl (C=O) groups is 2. The molecule has 2 amide bonds. The van der Waals surface area contributed by atoms with E-state index < -0.39 is 22.1 Å². The van der Waals surface area contributed by atoms with Gasteiger partial charge in [0.1, 0.15) is 14.5 Å². The number of allylic oxidation sites excluding steroid dienone is 4. The van der Waals surface area contributed by atoms with Crippen LogP contribution >= 0.6 is 14.5 Å². The molecule has 4 heterocycles. The SMILES string of the molecule is C.C1=CCC/C=C\CC1.C[C@@H]1CC[C@@H](C)[P+]12C1=C(C(=O)N(C)C1=O)[P+]1([C@H](C)CC[C@H]1C)C2(C)C.C[CH+]C.FB(F)F.[F-]. The van der Waals surface area contributed by atoms with Gasteiger partial charge in [-0.3, -0.25) is 27.4 Å². The molecule has 4 atom stereocenters. The van der Waals surface area contributed by atoms with Crippen LogP contribution in [0.3, 0.4) is 0 Å². The lowest BCUT2D eigenvalue weighted by atomic mass is 10.1. The van der Waals surface area contributed by atoms with E-state index in [0.29, 0.717) is 22.6 Å². The summed E-state index contributed by atoms with van der Waals surface area (Å²) in [7, 11) is -5.32. The number of halogens is 4. The van der Waals surface area contributed by atoms with Crippen molar-refractivity contribution in [2.75, 3.05) is 7.05 Å². The third-order valence-electron chi connectivity index (χ3n) is 9.91. The van der Waals surface area contributed by atoms with Gasteiger partial charge in [0.25, 0.3) is 11.8 Å². The van der Waals surface area contributed by atoms with Crippen LogP contribution in [-0.4, -0.2) is 58.8 Å². The molecule has 240 valence electrons. The first-order chi connectivity index (χ1) is 18.7. The third-order valence-corrected chi connectivity index (χ3v) is 24.6. The van der Waals surface area contributed by atoms with Gasteiger partial charge in [0.15, 0.2) is 4.90 Å². The first-order valence-electron chi connectivity index (χ1n) is 15.0. The molecule has 42 heavy (non-hydrogen) atoms. The maximum atomic E-state index is 13.4. The molecule has 0 saturated carbocycles. The molecular formula is C32H56BF4NO2P2+2. The van der Waals surface area contributed by atoms with Gasteiger partial charge < -0.3 is 4.70 Å². The highest BCUT2D eigenvalue weighted by molar-refractivity contribution is 8.03. The van der Waals surface area contributed by atoms with Gasteiger partial charge in [0.05, 0.1) is 42.9 Å². The summed E-state index contributed by atoms with van der Waals surface area (Å²) in [6, 6.07) is 0. The molecule has 0 aromatic carbocycles. The largest absolute Gasteiger partial charge is 1.00 e. The van der Waals surface area contributed by atoms with Gasteiger partial charge in [-0.05, 0) is 79.1 Å². The molecule has 2 saturated heterocycles. The number of carbonyl (C=O) groups excluding carboxylic acids is 2. The quantitative estimate of drug-likeness (QED) is 0.0689. The lowest BCUT2D eigenvalue weighted by molar-refractivity contribution is -0.135. The fraction of sp³-hybridized carbons (Fsp3) is 0.719. The summed E-state index contributed by atoms with van der Waals surface area (Å²) in [6.07, 6.45) is 20.9. The van der Waals surface area contributed by atoms with Crippen molar-refractivity contribution in [2.24, 2.45) is 0 Å². The summed E-state index contributed by atoms with van der Waals surface area (Å²) < 4.78 is 29.0. The van der Waals surface area contributed by atoms with Gasteiger partial charge in [0.2, 0.25) is 10.6 Å². The Hall–Kier alpha value is -1.13. The zero-order valence-corrected chi connectivity index (χ0v) is 28.4. The van der Waals surface area contributed by atoms with Gasteiger partial charge >= 0.3 is 7.54 Å². The van der Waals surface area contributed by atoms with E-state index in [1.807, 2.05) is 20.3 Å². The average Bonchev–Trinajstić information content (AvgIpc) is 3.45. The van der Waals surface area contributed by atoms with Gasteiger partial charge in [-0.2, -0.15) is 0 Å². The average molecular weight is 636 g/mol. The number of hydrogen-bond acceptors (Lipinski definition) is 2. The zero-order chi connectivity index (χ0) is 30.5. The Bertz CT molecular complexity index is 896. The lowest BCUT2D eigenvalue weighted by Crippen LogP contribution is -3.00. The second kappa shape index (κ2) is 16.8. The van der Waals surface area contributed by atoms with Crippen LogP contribution in [0.2, 0.25) is 0 Å². The monoisotopic (exact) mass is 635 g/mol. The van der Waals surface area contributed by atoms with Crippen LogP contribution in [-0.2, 0) is 9.59 Å². The van der Waals surface area contributed by atoms with Gasteiger partial charge in [-0.15, -0.1) is 0 Å². The minimum absolute atomic E-state index is 0. The highest BCUT2D eigenvalue weighted by Crippen LogP contribution is 3.06. The predicted octanol–water partition coefficient (Wildman–Crippen LogP) is 7.55. The number of fused-ring (bicyclic) bond motifs is 2. The predicted molar refractivity (Wildman–Crippen MR) is 177 cm³/mol. The standard InChI is InChI=1S/C20H33NO2P2.C8H12.C3H7.CH4.BF3.FH/c1-12-8-9-13(2)24(12)16-17(19(23)21(7)18(16)22)25(20(24,5)6)14(3)10-11-15(25)4;1-2-4-6-8-7-5-3-1;1-3-2;;2-1(3)4;/h12-15H,8-11H2,1-7H3;1-2,7-8H,3-6H2;3H,1-2H3;1H4;;1H/q+2;;+1;;;/p-1/b;2-1-,8-7?;;;;/t12-,13-,14-,15-;;;;;/m1...../s1. The van der Waals surface area contributed by atoms with Crippen LogP contribution in [0, 0.1) is 6.42 Å². The molecule has 0 radical (unpaired) electrons. The van der Waals surface area contributed by atoms with Crippen LogP contribution in [0.4, 0.5) is 12.9 Å². The van der Waals surface area contributed by atoms with Crippen molar-refractivity contribution in [1.82, 2.24) is 4.90 Å². The molecular weight excluding hydrogens is 579 g/mol. The Kier molecular flexibility index (Phi) is 16.4. The van der Waals surface area contributed by atoms with Crippen LogP contribution in [0.15, 0.2) is 34.9 Å². The van der Waals surface area contributed by atoms with E-state index >= 15 is 0 Å². The van der Waals surface area contributed by atoms with Crippen molar-refractivity contribution in [2.45, 2.75) is 142 Å². The molecule has 1 aliphatic carbocycles. The van der Waals surface area contributed by atoms with Gasteiger partial charge in [-0.1, -0.05) is 31.7 Å². The molecule has 10 heteroatoms. The highest BCUT2D eigenvalue weighted by Gasteiger charge is 2.89. The van der Waals surface area contributed by atoms with Gasteiger partial charge in [-0.25, -0.2) is 0 Å². The molecule has 0 N–H and O–H groups in total. The number of nitrogens with zero attached hydrogens (tertiary/aromatic N) is 1. The van der Waals surface area contributed by atoms with Crippen molar-refractivity contribution < 1.29 is 27.2 Å². The van der Waals surface area contributed by atoms with Crippen molar-refractivity contribution in [3.8, 4) is 0 Å². The Morgan fingerprint density at radius 1 is 0.738 bits per heavy atom. The van der Waals surface area contributed by atoms with Crippen molar-refractivity contribution in [1.29, 1.82) is 0 Å². The number of likely N-dealkylation sites (N-methyl/N-ethyl adjacent to an activating group) is 1. The molecule has 3 nitrogen and oxygen atoms in total. The topological polar surface area (TPSA) is 37.4 Å². The van der Waals surface area contributed by atoms with E-state index in [1.54, 1.807) is 7.05 Å². The number of amides is 2. The second-order valence-corrected chi connectivity index (χ2v) is 22.5. The van der Waals surface area contributed by atoms with Crippen molar-refractivity contribution in [3.63, 3.8) is 0 Å². The van der Waals surface area contributed by atoms with Gasteiger partial charge in [0, 0.05) is 20.9 Å². The van der Waals surface area contributed by atoms with Crippen molar-refractivity contribution >= 4 is 33.9 Å². The van der Waals surface area contributed by atoms with E-state index in [4.69, 9.17) is 0 Å². The molecule has 0 unspecified atom stereocenters. The van der Waals surface area contributed by atoms with Crippen LogP contribution < -0.4 is 4.70 Å². The molecule has 0 aromatic heterocycles. The molecule has 5 aliphatic rings. The molecule has 0 aromatic rings. The smallest absolute Gasteiger partial charge is 0.762 e. The normalized spacial score (nSPS) is 29.9. The summed E-state index contributed by atoms with van der Waals surface area (Å²) in [6.45, 7) is 18.6. The van der Waals surface area contributed by atoms with E-state index in [1.165, 1.54) is 56.3 Å². The van der Waals surface area contributed by atoms with Crippen LogP contribution in [0.25, 0.3) is 0 Å². The summed E-state index contributed by atoms with van der Waals surface area (Å²) >= 11 is 0. The molecule has 2 spiro atoms. The number of imide groups is 1. The number of hydrogen-bond donors (Lipinski definition) is 0.